The third kappa shape index (κ3) is 5.86. The molecule has 0 aliphatic heterocycles. The van der Waals surface area contributed by atoms with Crippen LogP contribution in [-0.2, 0) is 4.79 Å². The van der Waals surface area contributed by atoms with Crippen LogP contribution in [0, 0.1) is 13.8 Å². The molecule has 27 heavy (non-hydrogen) atoms. The van der Waals surface area contributed by atoms with E-state index in [4.69, 9.17) is 0 Å². The van der Waals surface area contributed by atoms with Gasteiger partial charge in [-0.15, -0.1) is 11.8 Å². The number of amides is 2. The number of thioether (sulfide) groups is 1. The molecule has 0 bridgehead atoms. The van der Waals surface area contributed by atoms with Crippen molar-refractivity contribution in [2.24, 2.45) is 0 Å². The summed E-state index contributed by atoms with van der Waals surface area (Å²) in [4.78, 5) is 25.6. The first-order valence-corrected chi connectivity index (χ1v) is 10.3. The Morgan fingerprint density at radius 3 is 2.26 bits per heavy atom. The minimum Gasteiger partial charge on any atom is -0.343 e. The second kappa shape index (κ2) is 9.09. The molecule has 2 N–H and O–H groups in total. The first-order valence-electron chi connectivity index (χ1n) is 9.43. The number of benzene rings is 2. The zero-order chi connectivity index (χ0) is 19.2. The number of hydrogen-bond donors (Lipinski definition) is 2. The van der Waals surface area contributed by atoms with E-state index in [-0.39, 0.29) is 18.4 Å². The van der Waals surface area contributed by atoms with Gasteiger partial charge in [0.15, 0.2) is 0 Å². The van der Waals surface area contributed by atoms with Gasteiger partial charge in [-0.1, -0.05) is 30.0 Å². The third-order valence-corrected chi connectivity index (χ3v) is 5.99. The fraction of sp³-hybridized carbons (Fsp3) is 0.364. The zero-order valence-corrected chi connectivity index (χ0v) is 16.7. The first-order chi connectivity index (χ1) is 13.0. The Hall–Kier alpha value is -2.27. The summed E-state index contributed by atoms with van der Waals surface area (Å²) in [7, 11) is 0. The van der Waals surface area contributed by atoms with Crippen molar-refractivity contribution in [3.63, 3.8) is 0 Å². The van der Waals surface area contributed by atoms with Crippen molar-refractivity contribution in [2.45, 2.75) is 49.7 Å². The quantitative estimate of drug-likeness (QED) is 0.761. The summed E-state index contributed by atoms with van der Waals surface area (Å²) in [5.74, 6) is -0.468. The highest BCUT2D eigenvalue weighted by molar-refractivity contribution is 8.00. The zero-order valence-electron chi connectivity index (χ0n) is 15.9. The summed E-state index contributed by atoms with van der Waals surface area (Å²) in [6.07, 6.45) is 5.26. The predicted molar refractivity (Wildman–Crippen MR) is 111 cm³/mol. The van der Waals surface area contributed by atoms with Gasteiger partial charge in [-0.25, -0.2) is 0 Å². The molecule has 0 aromatic heterocycles. The van der Waals surface area contributed by atoms with E-state index in [1.165, 1.54) is 30.6 Å². The van der Waals surface area contributed by atoms with Crippen LogP contribution >= 0.6 is 11.8 Å². The highest BCUT2D eigenvalue weighted by Gasteiger charge is 2.16. The fourth-order valence-corrected chi connectivity index (χ4v) is 4.64. The number of nitrogens with one attached hydrogen (secondary N) is 2. The molecule has 0 unspecified atom stereocenters. The molecule has 0 radical (unpaired) electrons. The monoisotopic (exact) mass is 382 g/mol. The van der Waals surface area contributed by atoms with E-state index in [1.807, 2.05) is 68.1 Å². The normalized spacial score (nSPS) is 14.1. The second-order valence-corrected chi connectivity index (χ2v) is 8.53. The molecule has 3 rings (SSSR count). The van der Waals surface area contributed by atoms with Crippen LogP contribution in [0.4, 0.5) is 5.69 Å². The Morgan fingerprint density at radius 2 is 1.63 bits per heavy atom. The second-order valence-electron chi connectivity index (χ2n) is 7.16. The molecule has 0 saturated heterocycles. The Bertz CT molecular complexity index is 791. The summed E-state index contributed by atoms with van der Waals surface area (Å²) in [6.45, 7) is 3.85. The Labute approximate surface area is 165 Å². The van der Waals surface area contributed by atoms with Crippen LogP contribution in [0.3, 0.4) is 0 Å². The fourth-order valence-electron chi connectivity index (χ4n) is 3.39. The van der Waals surface area contributed by atoms with E-state index in [0.717, 1.165) is 22.1 Å². The van der Waals surface area contributed by atoms with Crippen LogP contribution in [0.1, 0.15) is 47.2 Å². The number of carbonyl (C=O) groups is 2. The van der Waals surface area contributed by atoms with Crippen molar-refractivity contribution in [1.29, 1.82) is 0 Å². The largest absolute Gasteiger partial charge is 0.343 e. The van der Waals surface area contributed by atoms with Crippen molar-refractivity contribution in [3.05, 3.63) is 59.2 Å². The number of anilines is 1. The van der Waals surface area contributed by atoms with Gasteiger partial charge in [0.25, 0.3) is 5.91 Å². The molecule has 1 fully saturated rings. The van der Waals surface area contributed by atoms with Gasteiger partial charge in [0, 0.05) is 21.4 Å². The molecule has 4 nitrogen and oxygen atoms in total. The topological polar surface area (TPSA) is 58.2 Å². The van der Waals surface area contributed by atoms with Crippen LogP contribution < -0.4 is 10.6 Å². The highest BCUT2D eigenvalue weighted by atomic mass is 32.2. The van der Waals surface area contributed by atoms with E-state index in [1.54, 1.807) is 0 Å². The molecule has 0 atom stereocenters. The van der Waals surface area contributed by atoms with Crippen LogP contribution in [0.5, 0.6) is 0 Å². The van der Waals surface area contributed by atoms with Crippen LogP contribution in [-0.4, -0.2) is 23.6 Å². The standard InChI is InChI=1S/C22H26N2O2S/c1-15-11-16(2)13-17(12-15)22(26)23-14-21(25)24-18-7-9-20(10-8-18)27-19-5-3-4-6-19/h7-13,19H,3-6,14H2,1-2H3,(H,23,26)(H,24,25). The first kappa shape index (κ1) is 19.5. The molecular weight excluding hydrogens is 356 g/mol. The molecule has 2 aromatic rings. The van der Waals surface area contributed by atoms with E-state index in [9.17, 15) is 9.59 Å². The summed E-state index contributed by atoms with van der Waals surface area (Å²) < 4.78 is 0. The summed E-state index contributed by atoms with van der Waals surface area (Å²) >= 11 is 1.92. The van der Waals surface area contributed by atoms with Crippen molar-refractivity contribution in [1.82, 2.24) is 5.32 Å². The minimum absolute atomic E-state index is 0.0512. The van der Waals surface area contributed by atoms with Gasteiger partial charge in [0.2, 0.25) is 5.91 Å². The van der Waals surface area contributed by atoms with E-state index in [2.05, 4.69) is 10.6 Å². The maximum atomic E-state index is 12.2. The number of carbonyl (C=O) groups excluding carboxylic acids is 2. The predicted octanol–water partition coefficient (Wildman–Crippen LogP) is 4.71. The van der Waals surface area contributed by atoms with Gasteiger partial charge < -0.3 is 10.6 Å². The summed E-state index contributed by atoms with van der Waals surface area (Å²) in [5, 5.41) is 6.24. The lowest BCUT2D eigenvalue weighted by atomic mass is 10.1. The van der Waals surface area contributed by atoms with Gasteiger partial charge in [0.1, 0.15) is 0 Å². The summed E-state index contributed by atoms with van der Waals surface area (Å²) in [5.41, 5.74) is 3.38. The molecule has 0 heterocycles. The van der Waals surface area contributed by atoms with Crippen molar-refractivity contribution >= 4 is 29.3 Å². The molecular formula is C22H26N2O2S. The average molecular weight is 383 g/mol. The smallest absolute Gasteiger partial charge is 0.251 e. The molecule has 2 aromatic carbocycles. The maximum absolute atomic E-state index is 12.2. The Morgan fingerprint density at radius 1 is 1.00 bits per heavy atom. The number of rotatable bonds is 6. The van der Waals surface area contributed by atoms with Crippen molar-refractivity contribution < 1.29 is 9.59 Å². The van der Waals surface area contributed by atoms with Gasteiger partial charge in [-0.3, -0.25) is 9.59 Å². The van der Waals surface area contributed by atoms with Gasteiger partial charge in [0.05, 0.1) is 6.54 Å². The SMILES string of the molecule is Cc1cc(C)cc(C(=O)NCC(=O)Nc2ccc(SC3CCCC3)cc2)c1. The van der Waals surface area contributed by atoms with E-state index < -0.39 is 0 Å². The van der Waals surface area contributed by atoms with Crippen molar-refractivity contribution in [2.75, 3.05) is 11.9 Å². The van der Waals surface area contributed by atoms with E-state index in [0.29, 0.717) is 5.56 Å². The maximum Gasteiger partial charge on any atom is 0.251 e. The number of aryl methyl sites for hydroxylation is 2. The molecule has 2 amide bonds. The molecule has 1 aliphatic rings. The summed E-state index contributed by atoms with van der Waals surface area (Å²) in [6, 6.07) is 13.6. The van der Waals surface area contributed by atoms with Gasteiger partial charge >= 0.3 is 0 Å². The Balaban J connectivity index is 1.47. The molecule has 0 spiro atoms. The van der Waals surface area contributed by atoms with E-state index >= 15 is 0 Å². The lowest BCUT2D eigenvalue weighted by molar-refractivity contribution is -0.115. The highest BCUT2D eigenvalue weighted by Crippen LogP contribution is 2.34. The van der Waals surface area contributed by atoms with Crippen LogP contribution in [0.2, 0.25) is 0 Å². The lowest BCUT2D eigenvalue weighted by Gasteiger charge is -2.10. The molecule has 142 valence electrons. The number of hydrogen-bond acceptors (Lipinski definition) is 3. The molecule has 1 saturated carbocycles. The lowest BCUT2D eigenvalue weighted by Crippen LogP contribution is -2.32. The van der Waals surface area contributed by atoms with Gasteiger partial charge in [-0.05, 0) is 63.1 Å². The Kier molecular flexibility index (Phi) is 6.56. The average Bonchev–Trinajstić information content (AvgIpc) is 3.13. The van der Waals surface area contributed by atoms with Crippen LogP contribution in [0.15, 0.2) is 47.4 Å². The minimum atomic E-state index is -0.236. The van der Waals surface area contributed by atoms with Gasteiger partial charge in [-0.2, -0.15) is 0 Å². The molecule has 1 aliphatic carbocycles. The van der Waals surface area contributed by atoms with Crippen molar-refractivity contribution in [3.8, 4) is 0 Å². The molecule has 5 heteroatoms. The van der Waals surface area contributed by atoms with Crippen LogP contribution in [0.25, 0.3) is 0 Å². The third-order valence-electron chi connectivity index (χ3n) is 4.64.